The summed E-state index contributed by atoms with van der Waals surface area (Å²) in [6.07, 6.45) is 6.67. The Balaban J connectivity index is 1.54. The predicted molar refractivity (Wildman–Crippen MR) is 84.6 cm³/mol. The van der Waals surface area contributed by atoms with E-state index in [1.807, 2.05) is 0 Å². The third-order valence-corrected chi connectivity index (χ3v) is 5.17. The SMILES string of the molecule is c1ccc2c(c1)OCCC2N(CC1CC1)CC1CCCN1. The van der Waals surface area contributed by atoms with E-state index in [1.54, 1.807) is 0 Å². The summed E-state index contributed by atoms with van der Waals surface area (Å²) >= 11 is 0. The van der Waals surface area contributed by atoms with Crippen molar-refractivity contribution in [1.82, 2.24) is 10.2 Å². The van der Waals surface area contributed by atoms with Crippen molar-refractivity contribution in [3.8, 4) is 5.75 Å². The van der Waals surface area contributed by atoms with Crippen molar-refractivity contribution in [2.24, 2.45) is 5.92 Å². The first-order valence-electron chi connectivity index (χ1n) is 8.59. The summed E-state index contributed by atoms with van der Waals surface area (Å²) in [6.45, 7) is 4.54. The number of nitrogens with zero attached hydrogens (tertiary/aromatic N) is 1. The maximum Gasteiger partial charge on any atom is 0.124 e. The molecule has 2 atom stereocenters. The second-order valence-corrected chi connectivity index (χ2v) is 6.88. The Bertz CT molecular complexity index is 480. The molecule has 2 unspecified atom stereocenters. The molecule has 2 heterocycles. The second kappa shape index (κ2) is 5.98. The van der Waals surface area contributed by atoms with Gasteiger partial charge in [0.25, 0.3) is 0 Å². The maximum absolute atomic E-state index is 5.85. The van der Waals surface area contributed by atoms with Crippen molar-refractivity contribution in [2.45, 2.75) is 44.2 Å². The zero-order chi connectivity index (χ0) is 14.1. The summed E-state index contributed by atoms with van der Waals surface area (Å²) in [7, 11) is 0. The van der Waals surface area contributed by atoms with Crippen LogP contribution in [0.2, 0.25) is 0 Å². The average molecular weight is 286 g/mol. The third kappa shape index (κ3) is 3.09. The minimum absolute atomic E-state index is 0.554. The van der Waals surface area contributed by atoms with Crippen LogP contribution in [0.5, 0.6) is 5.75 Å². The molecule has 1 aliphatic carbocycles. The maximum atomic E-state index is 5.85. The average Bonchev–Trinajstić information content (AvgIpc) is 3.19. The van der Waals surface area contributed by atoms with Crippen molar-refractivity contribution in [1.29, 1.82) is 0 Å². The van der Waals surface area contributed by atoms with Crippen LogP contribution in [-0.2, 0) is 0 Å². The number of fused-ring (bicyclic) bond motifs is 1. The van der Waals surface area contributed by atoms with E-state index in [2.05, 4.69) is 34.5 Å². The Hall–Kier alpha value is -1.06. The molecule has 2 fully saturated rings. The van der Waals surface area contributed by atoms with Gasteiger partial charge in [0.05, 0.1) is 6.61 Å². The van der Waals surface area contributed by atoms with Crippen LogP contribution in [0.1, 0.15) is 43.7 Å². The van der Waals surface area contributed by atoms with Gasteiger partial charge in [-0.1, -0.05) is 18.2 Å². The van der Waals surface area contributed by atoms with Gasteiger partial charge >= 0.3 is 0 Å². The first-order valence-corrected chi connectivity index (χ1v) is 8.59. The van der Waals surface area contributed by atoms with Crippen LogP contribution in [0.25, 0.3) is 0 Å². The lowest BCUT2D eigenvalue weighted by molar-refractivity contribution is 0.125. The van der Waals surface area contributed by atoms with Gasteiger partial charge in [-0.3, -0.25) is 4.90 Å². The summed E-state index contributed by atoms with van der Waals surface area (Å²) in [6, 6.07) is 9.89. The lowest BCUT2D eigenvalue weighted by Crippen LogP contribution is -2.42. The van der Waals surface area contributed by atoms with Gasteiger partial charge in [-0.15, -0.1) is 0 Å². The molecule has 3 heteroatoms. The number of benzene rings is 1. The van der Waals surface area contributed by atoms with Crippen molar-refractivity contribution in [2.75, 3.05) is 26.2 Å². The van der Waals surface area contributed by atoms with E-state index in [-0.39, 0.29) is 0 Å². The third-order valence-electron chi connectivity index (χ3n) is 5.17. The molecule has 21 heavy (non-hydrogen) atoms. The summed E-state index contributed by atoms with van der Waals surface area (Å²) in [5, 5.41) is 3.67. The molecular weight excluding hydrogens is 260 g/mol. The predicted octanol–water partition coefficient (Wildman–Crippen LogP) is 2.97. The lowest BCUT2D eigenvalue weighted by atomic mass is 9.97. The highest BCUT2D eigenvalue weighted by atomic mass is 16.5. The topological polar surface area (TPSA) is 24.5 Å². The standard InChI is InChI=1S/C18H26N2O/c1-2-6-18-16(5-1)17(9-11-21-18)20(12-14-7-8-14)13-15-4-3-10-19-15/h1-2,5-6,14-15,17,19H,3-4,7-13H2. The number of hydrogen-bond acceptors (Lipinski definition) is 3. The highest BCUT2D eigenvalue weighted by Gasteiger charge is 2.33. The molecule has 1 saturated heterocycles. The van der Waals surface area contributed by atoms with Crippen molar-refractivity contribution < 1.29 is 4.74 Å². The van der Waals surface area contributed by atoms with E-state index in [9.17, 15) is 0 Å². The van der Waals surface area contributed by atoms with Crippen molar-refractivity contribution in [3.63, 3.8) is 0 Å². The van der Waals surface area contributed by atoms with E-state index in [1.165, 1.54) is 50.9 Å². The molecule has 0 amide bonds. The first-order chi connectivity index (χ1) is 10.4. The molecular formula is C18H26N2O. The highest BCUT2D eigenvalue weighted by molar-refractivity contribution is 5.37. The highest BCUT2D eigenvalue weighted by Crippen LogP contribution is 2.39. The molecule has 4 rings (SSSR count). The van der Waals surface area contributed by atoms with Crippen LogP contribution in [0.4, 0.5) is 0 Å². The molecule has 1 N–H and O–H groups in total. The zero-order valence-electron chi connectivity index (χ0n) is 12.8. The van der Waals surface area contributed by atoms with Gasteiger partial charge in [-0.25, -0.2) is 0 Å². The quantitative estimate of drug-likeness (QED) is 0.900. The molecule has 0 spiro atoms. The first kappa shape index (κ1) is 13.6. The van der Waals surface area contributed by atoms with Crippen LogP contribution >= 0.6 is 0 Å². The van der Waals surface area contributed by atoms with Crippen molar-refractivity contribution in [3.05, 3.63) is 29.8 Å². The lowest BCUT2D eigenvalue weighted by Gasteiger charge is -2.37. The molecule has 3 aliphatic rings. The van der Waals surface area contributed by atoms with Crippen LogP contribution in [-0.4, -0.2) is 37.2 Å². The summed E-state index contributed by atoms with van der Waals surface area (Å²) in [5.74, 6) is 2.05. The molecule has 0 aromatic heterocycles. The minimum Gasteiger partial charge on any atom is -0.493 e. The van der Waals surface area contributed by atoms with Crippen molar-refractivity contribution >= 4 is 0 Å². The number of nitrogens with one attached hydrogen (secondary N) is 1. The van der Waals surface area contributed by atoms with E-state index < -0.39 is 0 Å². The number of rotatable bonds is 5. The van der Waals surface area contributed by atoms with Crippen LogP contribution < -0.4 is 10.1 Å². The fourth-order valence-corrected chi connectivity index (χ4v) is 3.86. The zero-order valence-corrected chi connectivity index (χ0v) is 12.8. The largest absolute Gasteiger partial charge is 0.493 e. The van der Waals surface area contributed by atoms with Crippen LogP contribution in [0, 0.1) is 5.92 Å². The molecule has 3 nitrogen and oxygen atoms in total. The van der Waals surface area contributed by atoms with Gasteiger partial charge in [-0.2, -0.15) is 0 Å². The van der Waals surface area contributed by atoms with Crippen LogP contribution in [0.3, 0.4) is 0 Å². The van der Waals surface area contributed by atoms with Gasteiger partial charge in [0, 0.05) is 37.2 Å². The van der Waals surface area contributed by atoms with E-state index in [4.69, 9.17) is 4.74 Å². The monoisotopic (exact) mass is 286 g/mol. The number of ether oxygens (including phenoxy) is 1. The normalized spacial score (nSPS) is 28.4. The second-order valence-electron chi connectivity index (χ2n) is 6.88. The van der Waals surface area contributed by atoms with Gasteiger partial charge in [0.1, 0.15) is 5.75 Å². The van der Waals surface area contributed by atoms with Gasteiger partial charge < -0.3 is 10.1 Å². The molecule has 1 saturated carbocycles. The van der Waals surface area contributed by atoms with Gasteiger partial charge in [-0.05, 0) is 44.2 Å². The molecule has 0 radical (unpaired) electrons. The Morgan fingerprint density at radius 3 is 2.81 bits per heavy atom. The molecule has 1 aromatic rings. The van der Waals surface area contributed by atoms with Gasteiger partial charge in [0.2, 0.25) is 0 Å². The van der Waals surface area contributed by atoms with E-state index in [0.29, 0.717) is 12.1 Å². The molecule has 114 valence electrons. The molecule has 2 aliphatic heterocycles. The number of hydrogen-bond donors (Lipinski definition) is 1. The Morgan fingerprint density at radius 1 is 1.10 bits per heavy atom. The summed E-state index contributed by atoms with van der Waals surface area (Å²) in [4.78, 5) is 2.75. The fourth-order valence-electron chi connectivity index (χ4n) is 3.86. The fraction of sp³-hybridized carbons (Fsp3) is 0.667. The Labute approximate surface area is 127 Å². The minimum atomic E-state index is 0.554. The Kier molecular flexibility index (Phi) is 3.87. The van der Waals surface area contributed by atoms with Gasteiger partial charge in [0.15, 0.2) is 0 Å². The molecule has 0 bridgehead atoms. The van der Waals surface area contributed by atoms with Crippen LogP contribution in [0.15, 0.2) is 24.3 Å². The summed E-state index contributed by atoms with van der Waals surface area (Å²) < 4.78 is 5.85. The number of para-hydroxylation sites is 1. The Morgan fingerprint density at radius 2 is 2.00 bits per heavy atom. The van der Waals surface area contributed by atoms with E-state index in [0.717, 1.165) is 24.7 Å². The summed E-state index contributed by atoms with van der Waals surface area (Å²) in [5.41, 5.74) is 1.40. The smallest absolute Gasteiger partial charge is 0.124 e. The molecule has 1 aromatic carbocycles. The van der Waals surface area contributed by atoms with E-state index >= 15 is 0 Å².